The van der Waals surface area contributed by atoms with Crippen LogP contribution < -0.4 is 0 Å². The fraction of sp³-hybridized carbons (Fsp3) is 0.100. The van der Waals surface area contributed by atoms with Gasteiger partial charge in [0.15, 0.2) is 11.6 Å². The molecule has 5 nitrogen and oxygen atoms in total. The number of esters is 1. The van der Waals surface area contributed by atoms with E-state index in [1.165, 1.54) is 0 Å². The van der Waals surface area contributed by atoms with Crippen LogP contribution in [0, 0.1) is 17.5 Å². The lowest BCUT2D eigenvalue weighted by Crippen LogP contribution is -2.01. The topological polar surface area (TPSA) is 65.2 Å². The second-order valence-corrected chi connectivity index (χ2v) is 3.13. The molecule has 0 fully saturated rings. The molecule has 0 aliphatic heterocycles. The highest BCUT2D eigenvalue weighted by molar-refractivity contribution is 5.84. The maximum Gasteiger partial charge on any atom is 0.397 e. The van der Waals surface area contributed by atoms with Crippen molar-refractivity contribution in [2.45, 2.75) is 0 Å². The van der Waals surface area contributed by atoms with Crippen LogP contribution in [0.3, 0.4) is 0 Å². The third kappa shape index (κ3) is 1.92. The summed E-state index contributed by atoms with van der Waals surface area (Å²) in [5.41, 5.74) is -0.811. The summed E-state index contributed by atoms with van der Waals surface area (Å²) in [6, 6.07) is 1.33. The molecule has 0 amide bonds. The summed E-state index contributed by atoms with van der Waals surface area (Å²) in [5, 5.41) is 3.18. The molecule has 0 unspecified atom stereocenters. The van der Waals surface area contributed by atoms with E-state index in [4.69, 9.17) is 0 Å². The number of carbonyl (C=O) groups excluding carboxylic acids is 1. The van der Waals surface area contributed by atoms with Crippen molar-refractivity contribution in [3.63, 3.8) is 0 Å². The number of aromatic nitrogens is 2. The number of rotatable bonds is 2. The van der Waals surface area contributed by atoms with Gasteiger partial charge in [-0.1, -0.05) is 5.16 Å². The predicted molar refractivity (Wildman–Crippen MR) is 50.9 cm³/mol. The van der Waals surface area contributed by atoms with Gasteiger partial charge in [0.1, 0.15) is 5.82 Å². The number of ether oxygens (including phenoxy) is 1. The molecule has 8 heteroatoms. The summed E-state index contributed by atoms with van der Waals surface area (Å²) in [4.78, 5) is 14.4. The van der Waals surface area contributed by atoms with E-state index < -0.39 is 40.7 Å². The van der Waals surface area contributed by atoms with Gasteiger partial charge in [0, 0.05) is 0 Å². The highest BCUT2D eigenvalue weighted by Crippen LogP contribution is 2.25. The molecule has 0 aliphatic carbocycles. The molecule has 1 aromatic heterocycles. The zero-order valence-electron chi connectivity index (χ0n) is 8.91. The van der Waals surface area contributed by atoms with Crippen LogP contribution in [-0.2, 0) is 4.74 Å². The van der Waals surface area contributed by atoms with Crippen LogP contribution in [0.2, 0.25) is 0 Å². The lowest BCUT2D eigenvalue weighted by atomic mass is 10.2. The van der Waals surface area contributed by atoms with Gasteiger partial charge in [0.25, 0.3) is 0 Å². The fourth-order valence-electron chi connectivity index (χ4n) is 1.23. The predicted octanol–water partition coefficient (Wildman–Crippen LogP) is 1.94. The molecule has 0 aliphatic rings. The zero-order valence-corrected chi connectivity index (χ0v) is 8.91. The van der Waals surface area contributed by atoms with Crippen molar-refractivity contribution in [1.82, 2.24) is 10.1 Å². The normalized spacial score (nSPS) is 10.4. The molecule has 2 rings (SSSR count). The quantitative estimate of drug-likeness (QED) is 0.608. The number of methoxy groups -OCH3 is 1. The van der Waals surface area contributed by atoms with Crippen molar-refractivity contribution in [3.8, 4) is 11.4 Å². The van der Waals surface area contributed by atoms with E-state index in [0.29, 0.717) is 12.1 Å². The summed E-state index contributed by atoms with van der Waals surface area (Å²) < 4.78 is 48.4. The number of benzene rings is 1. The SMILES string of the molecule is COC(=O)c1nc(-c2c(F)ccc(F)c2F)no1. The Bertz CT molecular complexity index is 612. The molecule has 0 radical (unpaired) electrons. The summed E-state index contributed by atoms with van der Waals surface area (Å²) in [6.45, 7) is 0. The minimum absolute atomic E-state index is 0.579. The number of halogens is 3. The maximum atomic E-state index is 13.4. The van der Waals surface area contributed by atoms with Crippen LogP contribution in [0.1, 0.15) is 10.7 Å². The Hall–Kier alpha value is -2.38. The first-order valence-corrected chi connectivity index (χ1v) is 4.60. The molecule has 18 heavy (non-hydrogen) atoms. The Kier molecular flexibility index (Phi) is 3.00. The highest BCUT2D eigenvalue weighted by atomic mass is 19.2. The molecule has 94 valence electrons. The maximum absolute atomic E-state index is 13.4. The third-order valence-electron chi connectivity index (χ3n) is 2.05. The number of hydrogen-bond acceptors (Lipinski definition) is 5. The van der Waals surface area contributed by atoms with Crippen molar-refractivity contribution in [1.29, 1.82) is 0 Å². The van der Waals surface area contributed by atoms with Crippen molar-refractivity contribution in [2.75, 3.05) is 7.11 Å². The summed E-state index contributed by atoms with van der Waals surface area (Å²) in [6.07, 6.45) is 0. The Balaban J connectivity index is 2.53. The van der Waals surface area contributed by atoms with Crippen molar-refractivity contribution < 1.29 is 27.2 Å². The van der Waals surface area contributed by atoms with Crippen molar-refractivity contribution in [3.05, 3.63) is 35.5 Å². The van der Waals surface area contributed by atoms with Gasteiger partial charge in [-0.3, -0.25) is 0 Å². The third-order valence-corrected chi connectivity index (χ3v) is 2.05. The average molecular weight is 258 g/mol. The van der Waals surface area contributed by atoms with E-state index in [1.807, 2.05) is 0 Å². The average Bonchev–Trinajstić information content (AvgIpc) is 2.83. The Labute approximate surface area is 98.2 Å². The van der Waals surface area contributed by atoms with Gasteiger partial charge >= 0.3 is 11.9 Å². The minimum atomic E-state index is -1.47. The Morgan fingerprint density at radius 2 is 1.94 bits per heavy atom. The van der Waals surface area contributed by atoms with E-state index >= 15 is 0 Å². The highest BCUT2D eigenvalue weighted by Gasteiger charge is 2.23. The molecular formula is C10H5F3N2O3. The summed E-state index contributed by atoms with van der Waals surface area (Å²) >= 11 is 0. The molecule has 0 bridgehead atoms. The van der Waals surface area contributed by atoms with E-state index in [9.17, 15) is 18.0 Å². The van der Waals surface area contributed by atoms with E-state index in [-0.39, 0.29) is 0 Å². The van der Waals surface area contributed by atoms with Crippen LogP contribution in [0.4, 0.5) is 13.2 Å². The molecule has 0 spiro atoms. The summed E-state index contributed by atoms with van der Waals surface area (Å²) in [7, 11) is 1.07. The first-order chi connectivity index (χ1) is 8.54. The van der Waals surface area contributed by atoms with Gasteiger partial charge in [-0.2, -0.15) is 4.98 Å². The van der Waals surface area contributed by atoms with Gasteiger partial charge in [-0.05, 0) is 12.1 Å². The molecule has 0 N–H and O–H groups in total. The van der Waals surface area contributed by atoms with Crippen LogP contribution in [-0.4, -0.2) is 23.2 Å². The first kappa shape index (κ1) is 12.1. The van der Waals surface area contributed by atoms with Gasteiger partial charge < -0.3 is 9.26 Å². The Morgan fingerprint density at radius 1 is 1.28 bits per heavy atom. The molecular weight excluding hydrogens is 253 g/mol. The minimum Gasteiger partial charge on any atom is -0.462 e. The van der Waals surface area contributed by atoms with Crippen LogP contribution in [0.25, 0.3) is 11.4 Å². The van der Waals surface area contributed by atoms with Gasteiger partial charge in [-0.15, -0.1) is 0 Å². The van der Waals surface area contributed by atoms with Crippen LogP contribution in [0.5, 0.6) is 0 Å². The van der Waals surface area contributed by atoms with Gasteiger partial charge in [-0.25, -0.2) is 18.0 Å². The molecule has 2 aromatic rings. The summed E-state index contributed by atoms with van der Waals surface area (Å²) in [5.74, 6) is -5.94. The molecule has 1 heterocycles. The lowest BCUT2D eigenvalue weighted by Gasteiger charge is -1.99. The number of hydrogen-bond donors (Lipinski definition) is 0. The molecule has 0 saturated heterocycles. The van der Waals surface area contributed by atoms with E-state index in [1.54, 1.807) is 0 Å². The Morgan fingerprint density at radius 3 is 2.61 bits per heavy atom. The largest absolute Gasteiger partial charge is 0.462 e. The second-order valence-electron chi connectivity index (χ2n) is 3.13. The second kappa shape index (κ2) is 4.47. The fourth-order valence-corrected chi connectivity index (χ4v) is 1.23. The molecule has 1 aromatic carbocycles. The monoisotopic (exact) mass is 258 g/mol. The molecule has 0 atom stereocenters. The standard InChI is InChI=1S/C10H5F3N2O3/c1-17-10(16)9-14-8(15-18-9)6-4(11)2-3-5(12)7(6)13/h2-3H,1H3. The van der Waals surface area contributed by atoms with E-state index in [2.05, 4.69) is 19.4 Å². The van der Waals surface area contributed by atoms with Crippen LogP contribution in [0.15, 0.2) is 16.7 Å². The lowest BCUT2D eigenvalue weighted by molar-refractivity contribution is 0.0545. The number of carbonyl (C=O) groups is 1. The first-order valence-electron chi connectivity index (χ1n) is 4.60. The van der Waals surface area contributed by atoms with E-state index in [0.717, 1.165) is 7.11 Å². The smallest absolute Gasteiger partial charge is 0.397 e. The molecule has 0 saturated carbocycles. The van der Waals surface area contributed by atoms with Crippen molar-refractivity contribution >= 4 is 5.97 Å². The number of nitrogens with zero attached hydrogens (tertiary/aromatic N) is 2. The van der Waals surface area contributed by atoms with Gasteiger partial charge in [0.2, 0.25) is 5.82 Å². The van der Waals surface area contributed by atoms with Gasteiger partial charge in [0.05, 0.1) is 12.7 Å². The van der Waals surface area contributed by atoms with Crippen molar-refractivity contribution in [2.24, 2.45) is 0 Å². The zero-order chi connectivity index (χ0) is 13.3. The van der Waals surface area contributed by atoms with Crippen LogP contribution >= 0.6 is 0 Å².